The monoisotopic (exact) mass is 349 g/mol. The topological polar surface area (TPSA) is 88.6 Å². The number of anilines is 1. The van der Waals surface area contributed by atoms with Gasteiger partial charge in [0.1, 0.15) is 5.75 Å². The minimum Gasteiger partial charge on any atom is -0.496 e. The number of carbonyl (C=O) groups is 1. The number of nitrogens with one attached hydrogen (secondary N) is 1. The number of hydrogen-bond acceptors (Lipinski definition) is 5. The van der Waals surface area contributed by atoms with Gasteiger partial charge in [0, 0.05) is 26.0 Å². The lowest BCUT2D eigenvalue weighted by Crippen LogP contribution is -2.26. The number of sulfonamides is 1. The fraction of sp³-hybridized carbons (Fsp3) is 0.250. The van der Waals surface area contributed by atoms with Crippen molar-refractivity contribution in [2.45, 2.75) is 6.54 Å². The predicted octanol–water partition coefficient (Wildman–Crippen LogP) is 1.42. The Hall–Kier alpha value is -2.61. The van der Waals surface area contributed by atoms with Crippen LogP contribution in [0.5, 0.6) is 5.75 Å². The number of benzene rings is 1. The molecular weight excluding hydrogens is 330 g/mol. The molecule has 0 aliphatic carbocycles. The molecule has 7 nitrogen and oxygen atoms in total. The zero-order valence-electron chi connectivity index (χ0n) is 13.7. The number of amides is 1. The van der Waals surface area contributed by atoms with Crippen LogP contribution in [-0.2, 0) is 16.6 Å². The number of nitrogens with zero attached hydrogens (tertiary/aromatic N) is 2. The lowest BCUT2D eigenvalue weighted by molar-refractivity contribution is 0.0948. The van der Waals surface area contributed by atoms with Crippen LogP contribution < -0.4 is 14.4 Å². The van der Waals surface area contributed by atoms with Gasteiger partial charge in [-0.25, -0.2) is 8.42 Å². The van der Waals surface area contributed by atoms with Crippen LogP contribution in [0, 0.1) is 0 Å². The standard InChI is InChI=1S/C16H19N3O4S/c1-19(24(3,21)22)13-4-5-15(23-2)14(10-13)16(20)18-11-12-6-8-17-9-7-12/h4-10H,11H2,1-3H3,(H,18,20). The second kappa shape index (κ2) is 7.31. The van der Waals surface area contributed by atoms with Gasteiger partial charge in [-0.15, -0.1) is 0 Å². The second-order valence-corrected chi connectivity index (χ2v) is 7.17. The number of aromatic nitrogens is 1. The van der Waals surface area contributed by atoms with E-state index in [1.807, 2.05) is 0 Å². The van der Waals surface area contributed by atoms with Crippen molar-refractivity contribution >= 4 is 21.6 Å². The van der Waals surface area contributed by atoms with E-state index in [0.29, 0.717) is 18.0 Å². The molecule has 0 aliphatic rings. The van der Waals surface area contributed by atoms with Gasteiger partial charge in [-0.2, -0.15) is 0 Å². The maximum Gasteiger partial charge on any atom is 0.255 e. The Balaban J connectivity index is 2.25. The van der Waals surface area contributed by atoms with Crippen molar-refractivity contribution in [3.05, 3.63) is 53.9 Å². The van der Waals surface area contributed by atoms with Crippen LogP contribution in [0.4, 0.5) is 5.69 Å². The Morgan fingerprint density at radius 2 is 1.92 bits per heavy atom. The van der Waals surface area contributed by atoms with Gasteiger partial charge in [0.25, 0.3) is 5.91 Å². The molecule has 0 spiro atoms. The summed E-state index contributed by atoms with van der Waals surface area (Å²) in [6.45, 7) is 0.330. The van der Waals surface area contributed by atoms with Crippen molar-refractivity contribution in [3.8, 4) is 5.75 Å². The van der Waals surface area contributed by atoms with Crippen LogP contribution in [0.1, 0.15) is 15.9 Å². The predicted molar refractivity (Wildman–Crippen MR) is 91.6 cm³/mol. The van der Waals surface area contributed by atoms with Crippen LogP contribution in [0.25, 0.3) is 0 Å². The first kappa shape index (κ1) is 17.7. The number of pyridine rings is 1. The Bertz CT molecular complexity index is 822. The first-order valence-electron chi connectivity index (χ1n) is 7.12. The molecule has 0 fully saturated rings. The third-order valence-electron chi connectivity index (χ3n) is 3.49. The van der Waals surface area contributed by atoms with E-state index in [0.717, 1.165) is 16.1 Å². The van der Waals surface area contributed by atoms with Crippen LogP contribution in [0.15, 0.2) is 42.7 Å². The number of rotatable bonds is 6. The Labute approximate surface area is 141 Å². The molecule has 1 N–H and O–H groups in total. The summed E-state index contributed by atoms with van der Waals surface area (Å²) in [6.07, 6.45) is 4.38. The van der Waals surface area contributed by atoms with Crippen LogP contribution in [-0.4, -0.2) is 39.7 Å². The highest BCUT2D eigenvalue weighted by Gasteiger charge is 2.18. The average molecular weight is 349 g/mol. The van der Waals surface area contributed by atoms with Gasteiger partial charge in [-0.1, -0.05) is 0 Å². The van der Waals surface area contributed by atoms with Gasteiger partial charge in [0.15, 0.2) is 0 Å². The summed E-state index contributed by atoms with van der Waals surface area (Å²) in [5.74, 6) is 0.0142. The molecular formula is C16H19N3O4S. The summed E-state index contributed by atoms with van der Waals surface area (Å²) in [5, 5.41) is 2.78. The molecule has 2 aromatic rings. The fourth-order valence-corrected chi connectivity index (χ4v) is 2.54. The molecule has 1 aromatic heterocycles. The number of ether oxygens (including phenoxy) is 1. The van der Waals surface area contributed by atoms with Gasteiger partial charge in [0.2, 0.25) is 10.0 Å². The van der Waals surface area contributed by atoms with E-state index in [1.165, 1.54) is 20.2 Å². The molecule has 0 unspecified atom stereocenters. The highest BCUT2D eigenvalue weighted by Crippen LogP contribution is 2.25. The van der Waals surface area contributed by atoms with Crippen molar-refractivity contribution in [1.29, 1.82) is 0 Å². The summed E-state index contributed by atoms with van der Waals surface area (Å²) in [4.78, 5) is 16.4. The highest BCUT2D eigenvalue weighted by atomic mass is 32.2. The lowest BCUT2D eigenvalue weighted by atomic mass is 10.1. The van der Waals surface area contributed by atoms with E-state index in [1.54, 1.807) is 36.7 Å². The zero-order valence-corrected chi connectivity index (χ0v) is 14.5. The molecule has 24 heavy (non-hydrogen) atoms. The van der Waals surface area contributed by atoms with Gasteiger partial charge < -0.3 is 10.1 Å². The van der Waals surface area contributed by atoms with Crippen molar-refractivity contribution in [3.63, 3.8) is 0 Å². The van der Waals surface area contributed by atoms with E-state index in [9.17, 15) is 13.2 Å². The minimum atomic E-state index is -3.42. The minimum absolute atomic E-state index is 0.263. The van der Waals surface area contributed by atoms with Crippen LogP contribution in [0.2, 0.25) is 0 Å². The molecule has 2 rings (SSSR count). The molecule has 128 valence electrons. The van der Waals surface area contributed by atoms with E-state index in [2.05, 4.69) is 10.3 Å². The second-order valence-electron chi connectivity index (χ2n) is 5.15. The van der Waals surface area contributed by atoms with Gasteiger partial charge in [0.05, 0.1) is 24.6 Å². The number of carbonyl (C=O) groups excluding carboxylic acids is 1. The molecule has 1 amide bonds. The third kappa shape index (κ3) is 4.23. The summed E-state index contributed by atoms with van der Waals surface area (Å²) in [7, 11) is -0.540. The van der Waals surface area contributed by atoms with E-state index in [-0.39, 0.29) is 11.5 Å². The number of hydrogen-bond donors (Lipinski definition) is 1. The molecule has 0 atom stereocenters. The maximum atomic E-state index is 12.4. The average Bonchev–Trinajstić information content (AvgIpc) is 2.58. The summed E-state index contributed by atoms with van der Waals surface area (Å²) < 4.78 is 29.6. The first-order valence-corrected chi connectivity index (χ1v) is 8.97. The van der Waals surface area contributed by atoms with Crippen molar-refractivity contribution < 1.29 is 17.9 Å². The van der Waals surface area contributed by atoms with Crippen LogP contribution >= 0.6 is 0 Å². The van der Waals surface area contributed by atoms with Crippen molar-refractivity contribution in [1.82, 2.24) is 10.3 Å². The largest absolute Gasteiger partial charge is 0.496 e. The number of methoxy groups -OCH3 is 1. The lowest BCUT2D eigenvalue weighted by Gasteiger charge is -2.18. The van der Waals surface area contributed by atoms with Gasteiger partial charge in [-0.05, 0) is 35.9 Å². The fourth-order valence-electron chi connectivity index (χ4n) is 2.04. The van der Waals surface area contributed by atoms with Crippen molar-refractivity contribution in [2.24, 2.45) is 0 Å². The maximum absolute atomic E-state index is 12.4. The van der Waals surface area contributed by atoms with Gasteiger partial charge in [-0.3, -0.25) is 14.1 Å². The molecule has 0 radical (unpaired) electrons. The molecule has 0 saturated heterocycles. The summed E-state index contributed by atoms with van der Waals surface area (Å²) in [6, 6.07) is 8.23. The Morgan fingerprint density at radius 3 is 2.50 bits per heavy atom. The quantitative estimate of drug-likeness (QED) is 0.852. The summed E-state index contributed by atoms with van der Waals surface area (Å²) in [5.41, 5.74) is 1.55. The summed E-state index contributed by atoms with van der Waals surface area (Å²) >= 11 is 0. The smallest absolute Gasteiger partial charge is 0.255 e. The van der Waals surface area contributed by atoms with E-state index < -0.39 is 10.0 Å². The molecule has 1 heterocycles. The molecule has 1 aromatic carbocycles. The van der Waals surface area contributed by atoms with Crippen molar-refractivity contribution in [2.75, 3.05) is 24.7 Å². The Kier molecular flexibility index (Phi) is 5.40. The highest BCUT2D eigenvalue weighted by molar-refractivity contribution is 7.92. The Morgan fingerprint density at radius 1 is 1.25 bits per heavy atom. The SMILES string of the molecule is COc1ccc(N(C)S(C)(=O)=O)cc1C(=O)NCc1ccncc1. The zero-order chi connectivity index (χ0) is 17.7. The third-order valence-corrected chi connectivity index (χ3v) is 4.70. The van der Waals surface area contributed by atoms with E-state index >= 15 is 0 Å². The first-order chi connectivity index (χ1) is 11.3. The molecule has 8 heteroatoms. The van der Waals surface area contributed by atoms with Gasteiger partial charge >= 0.3 is 0 Å². The molecule has 0 saturated carbocycles. The molecule has 0 bridgehead atoms. The normalized spacial score (nSPS) is 11.0. The molecule has 0 aliphatic heterocycles. The van der Waals surface area contributed by atoms with Crippen LogP contribution in [0.3, 0.4) is 0 Å². The van der Waals surface area contributed by atoms with E-state index in [4.69, 9.17) is 4.74 Å².